The van der Waals surface area contributed by atoms with E-state index >= 15 is 0 Å². The number of benzene rings is 1. The van der Waals surface area contributed by atoms with E-state index in [4.69, 9.17) is 10.5 Å². The van der Waals surface area contributed by atoms with E-state index in [1.807, 2.05) is 31.2 Å². The standard InChI is InChI=1S/C13H21NO3S/c1-13(14,8-5-9-18(3,15)16)11-6-4-7-12(10-11)17-2/h4,6-7,10H,5,8-9,14H2,1-3H3. The molecule has 18 heavy (non-hydrogen) atoms. The molecule has 0 aliphatic carbocycles. The summed E-state index contributed by atoms with van der Waals surface area (Å²) in [6.45, 7) is 1.91. The van der Waals surface area contributed by atoms with Crippen LogP contribution in [0.1, 0.15) is 25.3 Å². The summed E-state index contributed by atoms with van der Waals surface area (Å²) >= 11 is 0. The van der Waals surface area contributed by atoms with Crippen LogP contribution in [-0.4, -0.2) is 27.5 Å². The fourth-order valence-corrected chi connectivity index (χ4v) is 2.49. The molecule has 1 aromatic carbocycles. The van der Waals surface area contributed by atoms with Gasteiger partial charge in [0, 0.05) is 17.5 Å². The molecule has 0 saturated heterocycles. The van der Waals surface area contributed by atoms with Gasteiger partial charge < -0.3 is 10.5 Å². The Morgan fingerprint density at radius 1 is 1.39 bits per heavy atom. The third-order valence-corrected chi connectivity index (χ3v) is 3.97. The highest BCUT2D eigenvalue weighted by molar-refractivity contribution is 7.90. The summed E-state index contributed by atoms with van der Waals surface area (Å²) in [6, 6.07) is 7.56. The van der Waals surface area contributed by atoms with Gasteiger partial charge in [-0.25, -0.2) is 8.42 Å². The molecule has 2 N–H and O–H groups in total. The van der Waals surface area contributed by atoms with Gasteiger partial charge in [0.1, 0.15) is 15.6 Å². The fraction of sp³-hybridized carbons (Fsp3) is 0.538. The second-order valence-corrected chi connectivity index (χ2v) is 7.14. The van der Waals surface area contributed by atoms with Gasteiger partial charge >= 0.3 is 0 Å². The predicted molar refractivity (Wildman–Crippen MR) is 73.5 cm³/mol. The van der Waals surface area contributed by atoms with Gasteiger partial charge in [-0.2, -0.15) is 0 Å². The van der Waals surface area contributed by atoms with Gasteiger partial charge in [-0.15, -0.1) is 0 Å². The molecule has 0 amide bonds. The minimum atomic E-state index is -2.92. The minimum Gasteiger partial charge on any atom is -0.497 e. The monoisotopic (exact) mass is 271 g/mol. The molecular weight excluding hydrogens is 250 g/mol. The lowest BCUT2D eigenvalue weighted by molar-refractivity contribution is 0.407. The lowest BCUT2D eigenvalue weighted by Gasteiger charge is -2.25. The molecule has 0 aliphatic heterocycles. The van der Waals surface area contributed by atoms with Crippen LogP contribution in [0.3, 0.4) is 0 Å². The summed E-state index contributed by atoms with van der Waals surface area (Å²) in [5.74, 6) is 0.927. The van der Waals surface area contributed by atoms with Crippen LogP contribution in [-0.2, 0) is 15.4 Å². The summed E-state index contributed by atoms with van der Waals surface area (Å²) in [6.07, 6.45) is 2.42. The van der Waals surface area contributed by atoms with Crippen molar-refractivity contribution in [3.05, 3.63) is 29.8 Å². The fourth-order valence-electron chi connectivity index (χ4n) is 1.82. The molecule has 102 valence electrons. The number of hydrogen-bond acceptors (Lipinski definition) is 4. The first kappa shape index (κ1) is 15.0. The van der Waals surface area contributed by atoms with E-state index < -0.39 is 15.4 Å². The zero-order valence-corrected chi connectivity index (χ0v) is 12.0. The van der Waals surface area contributed by atoms with Crippen molar-refractivity contribution in [2.45, 2.75) is 25.3 Å². The van der Waals surface area contributed by atoms with Crippen LogP contribution in [0.4, 0.5) is 0 Å². The van der Waals surface area contributed by atoms with Crippen LogP contribution in [0, 0.1) is 0 Å². The number of sulfone groups is 1. The maximum absolute atomic E-state index is 11.1. The van der Waals surface area contributed by atoms with Crippen LogP contribution in [0.15, 0.2) is 24.3 Å². The minimum absolute atomic E-state index is 0.170. The van der Waals surface area contributed by atoms with Gasteiger partial charge in [0.15, 0.2) is 0 Å². The largest absolute Gasteiger partial charge is 0.497 e. The van der Waals surface area contributed by atoms with E-state index in [0.29, 0.717) is 12.8 Å². The number of methoxy groups -OCH3 is 1. The SMILES string of the molecule is COc1cccc(C(C)(N)CCCS(C)(=O)=O)c1. The summed E-state index contributed by atoms with van der Waals surface area (Å²) in [5.41, 5.74) is 6.65. The molecule has 0 aromatic heterocycles. The molecule has 0 spiro atoms. The van der Waals surface area contributed by atoms with E-state index in [-0.39, 0.29) is 5.75 Å². The lowest BCUT2D eigenvalue weighted by Crippen LogP contribution is -2.33. The highest BCUT2D eigenvalue weighted by Gasteiger charge is 2.21. The number of ether oxygens (including phenoxy) is 1. The molecule has 0 fully saturated rings. The van der Waals surface area contributed by atoms with Gasteiger partial charge in [-0.05, 0) is 37.5 Å². The van der Waals surface area contributed by atoms with Crippen molar-refractivity contribution in [1.29, 1.82) is 0 Å². The number of nitrogens with two attached hydrogens (primary N) is 1. The Morgan fingerprint density at radius 3 is 2.61 bits per heavy atom. The molecule has 0 radical (unpaired) electrons. The third-order valence-electron chi connectivity index (χ3n) is 2.94. The lowest BCUT2D eigenvalue weighted by atomic mass is 9.88. The van der Waals surface area contributed by atoms with E-state index in [9.17, 15) is 8.42 Å². The average Bonchev–Trinajstić information content (AvgIpc) is 2.27. The van der Waals surface area contributed by atoms with Gasteiger partial charge in [0.05, 0.1) is 7.11 Å². The van der Waals surface area contributed by atoms with Gasteiger partial charge in [0.25, 0.3) is 0 Å². The predicted octanol–water partition coefficient (Wildman–Crippen LogP) is 1.69. The Morgan fingerprint density at radius 2 is 2.06 bits per heavy atom. The highest BCUT2D eigenvalue weighted by Crippen LogP contribution is 2.26. The van der Waals surface area contributed by atoms with Crippen molar-refractivity contribution < 1.29 is 13.2 Å². The Labute approximate surface area is 109 Å². The second-order valence-electron chi connectivity index (χ2n) is 4.88. The third kappa shape index (κ3) is 4.66. The molecule has 1 atom stereocenters. The molecule has 5 heteroatoms. The summed E-state index contributed by atoms with van der Waals surface area (Å²) < 4.78 is 27.3. The maximum atomic E-state index is 11.1. The first-order valence-corrected chi connectivity index (χ1v) is 7.92. The molecule has 1 rings (SSSR count). The zero-order valence-electron chi connectivity index (χ0n) is 11.1. The van der Waals surface area contributed by atoms with Crippen molar-refractivity contribution in [2.24, 2.45) is 5.73 Å². The van der Waals surface area contributed by atoms with E-state index in [1.165, 1.54) is 6.26 Å². The van der Waals surface area contributed by atoms with Crippen molar-refractivity contribution in [3.63, 3.8) is 0 Å². The number of hydrogen-bond donors (Lipinski definition) is 1. The van der Waals surface area contributed by atoms with Crippen molar-refractivity contribution in [2.75, 3.05) is 19.1 Å². The zero-order chi connectivity index (χ0) is 13.8. The number of rotatable bonds is 6. The maximum Gasteiger partial charge on any atom is 0.147 e. The van der Waals surface area contributed by atoms with E-state index in [0.717, 1.165) is 11.3 Å². The molecule has 1 unspecified atom stereocenters. The van der Waals surface area contributed by atoms with Crippen molar-refractivity contribution in [3.8, 4) is 5.75 Å². The van der Waals surface area contributed by atoms with Gasteiger partial charge in [0.2, 0.25) is 0 Å². The quantitative estimate of drug-likeness (QED) is 0.855. The van der Waals surface area contributed by atoms with Gasteiger partial charge in [-0.3, -0.25) is 0 Å². The first-order chi connectivity index (χ1) is 8.24. The van der Waals surface area contributed by atoms with Crippen LogP contribution < -0.4 is 10.5 Å². The van der Waals surface area contributed by atoms with Crippen LogP contribution >= 0.6 is 0 Å². The topological polar surface area (TPSA) is 69.4 Å². The molecular formula is C13H21NO3S. The highest BCUT2D eigenvalue weighted by atomic mass is 32.2. The molecule has 0 heterocycles. The second kappa shape index (κ2) is 5.71. The summed E-state index contributed by atoms with van der Waals surface area (Å²) in [4.78, 5) is 0. The van der Waals surface area contributed by atoms with Crippen molar-refractivity contribution in [1.82, 2.24) is 0 Å². The molecule has 0 aliphatic rings. The normalized spacial score (nSPS) is 15.1. The van der Waals surface area contributed by atoms with Crippen molar-refractivity contribution >= 4 is 9.84 Å². The molecule has 1 aromatic rings. The van der Waals surface area contributed by atoms with E-state index in [2.05, 4.69) is 0 Å². The summed E-state index contributed by atoms with van der Waals surface area (Å²) in [7, 11) is -1.31. The Kier molecular flexibility index (Phi) is 4.76. The average molecular weight is 271 g/mol. The Hall–Kier alpha value is -1.07. The molecule has 0 bridgehead atoms. The molecule has 0 saturated carbocycles. The van der Waals surface area contributed by atoms with Crippen LogP contribution in [0.2, 0.25) is 0 Å². The van der Waals surface area contributed by atoms with E-state index in [1.54, 1.807) is 7.11 Å². The molecule has 4 nitrogen and oxygen atoms in total. The van der Waals surface area contributed by atoms with Crippen LogP contribution in [0.5, 0.6) is 5.75 Å². The smallest absolute Gasteiger partial charge is 0.147 e. The van der Waals surface area contributed by atoms with Crippen LogP contribution in [0.25, 0.3) is 0 Å². The first-order valence-electron chi connectivity index (χ1n) is 5.86. The Balaban J connectivity index is 2.73. The summed E-state index contributed by atoms with van der Waals surface area (Å²) in [5, 5.41) is 0. The van der Waals surface area contributed by atoms with Gasteiger partial charge in [-0.1, -0.05) is 12.1 Å². The Bertz CT molecular complexity index is 495.